The largest absolute Gasteiger partial charge is 0.378 e. The van der Waals surface area contributed by atoms with Crippen LogP contribution in [0.5, 0.6) is 0 Å². The van der Waals surface area contributed by atoms with Crippen molar-refractivity contribution in [2.24, 2.45) is 0 Å². The van der Waals surface area contributed by atoms with Gasteiger partial charge >= 0.3 is 0 Å². The van der Waals surface area contributed by atoms with E-state index in [9.17, 15) is 4.79 Å². The molecule has 1 rings (SSSR count). The Labute approximate surface area is 67.1 Å². The molecular formula is C8H15NO2. The lowest BCUT2D eigenvalue weighted by atomic mass is 10.1. The summed E-state index contributed by atoms with van der Waals surface area (Å²) in [5.74, 6) is 0.222. The van der Waals surface area contributed by atoms with Crippen LogP contribution in [0.2, 0.25) is 0 Å². The molecule has 1 saturated heterocycles. The number of rotatable bonds is 2. The van der Waals surface area contributed by atoms with Gasteiger partial charge in [0, 0.05) is 18.5 Å². The first-order valence-corrected chi connectivity index (χ1v) is 4.01. The summed E-state index contributed by atoms with van der Waals surface area (Å²) in [5, 5.41) is 3.30. The van der Waals surface area contributed by atoms with Crippen LogP contribution < -0.4 is 5.32 Å². The average Bonchev–Trinajstić information content (AvgIpc) is 1.85. The maximum Gasteiger partial charge on any atom is 0.131 e. The van der Waals surface area contributed by atoms with Crippen LogP contribution in [0.3, 0.4) is 0 Å². The molecule has 0 aromatic rings. The molecule has 0 radical (unpaired) electrons. The number of Topliss-reactive ketones (excluding diaryl/α,β-unsaturated/α-hetero) is 1. The lowest BCUT2D eigenvalue weighted by Crippen LogP contribution is -2.47. The first-order chi connectivity index (χ1) is 5.18. The number of hydrogen-bond donors (Lipinski definition) is 1. The van der Waals surface area contributed by atoms with Crippen LogP contribution in [0.15, 0.2) is 0 Å². The Morgan fingerprint density at radius 3 is 2.91 bits per heavy atom. The van der Waals surface area contributed by atoms with Crippen molar-refractivity contribution in [1.82, 2.24) is 5.32 Å². The van der Waals surface area contributed by atoms with Crippen LogP contribution >= 0.6 is 0 Å². The summed E-state index contributed by atoms with van der Waals surface area (Å²) in [6.45, 7) is 5.10. The van der Waals surface area contributed by atoms with Crippen molar-refractivity contribution < 1.29 is 9.53 Å². The molecule has 0 aromatic carbocycles. The lowest BCUT2D eigenvalue weighted by molar-refractivity contribution is -0.118. The van der Waals surface area contributed by atoms with Gasteiger partial charge in [0.25, 0.3) is 0 Å². The molecule has 2 unspecified atom stereocenters. The monoisotopic (exact) mass is 157 g/mol. The number of hydrogen-bond acceptors (Lipinski definition) is 3. The van der Waals surface area contributed by atoms with Crippen LogP contribution in [0, 0.1) is 0 Å². The number of carbonyl (C=O) groups excluding carboxylic acids is 1. The normalized spacial score (nSPS) is 31.8. The zero-order chi connectivity index (χ0) is 8.27. The maximum absolute atomic E-state index is 10.7. The minimum atomic E-state index is 0.222. The van der Waals surface area contributed by atoms with Crippen LogP contribution in [0.25, 0.3) is 0 Å². The van der Waals surface area contributed by atoms with E-state index in [0.29, 0.717) is 19.1 Å². The molecule has 1 aliphatic rings. The van der Waals surface area contributed by atoms with Crippen molar-refractivity contribution in [3.05, 3.63) is 0 Å². The fraction of sp³-hybridized carbons (Fsp3) is 0.875. The predicted octanol–water partition coefficient (Wildman–Crippen LogP) is 0.342. The Hall–Kier alpha value is -0.410. The maximum atomic E-state index is 10.7. The van der Waals surface area contributed by atoms with E-state index in [1.165, 1.54) is 0 Å². The van der Waals surface area contributed by atoms with Crippen molar-refractivity contribution in [1.29, 1.82) is 0 Å². The summed E-state index contributed by atoms with van der Waals surface area (Å²) >= 11 is 0. The van der Waals surface area contributed by atoms with Crippen molar-refractivity contribution in [2.75, 3.05) is 13.2 Å². The van der Waals surface area contributed by atoms with Crippen molar-refractivity contribution in [2.45, 2.75) is 32.4 Å². The molecule has 3 heteroatoms. The summed E-state index contributed by atoms with van der Waals surface area (Å²) in [6, 6.07) is 0.615. The molecule has 0 spiro atoms. The van der Waals surface area contributed by atoms with Crippen LogP contribution in [-0.4, -0.2) is 31.1 Å². The van der Waals surface area contributed by atoms with E-state index in [1.807, 2.05) is 0 Å². The second-order valence-electron chi connectivity index (χ2n) is 3.21. The fourth-order valence-electron chi connectivity index (χ4n) is 1.35. The third-order valence-electron chi connectivity index (χ3n) is 1.74. The van der Waals surface area contributed by atoms with Crippen LogP contribution in [0.4, 0.5) is 0 Å². The quantitative estimate of drug-likeness (QED) is 0.628. The Morgan fingerprint density at radius 1 is 1.64 bits per heavy atom. The van der Waals surface area contributed by atoms with E-state index in [2.05, 4.69) is 12.2 Å². The fourth-order valence-corrected chi connectivity index (χ4v) is 1.35. The molecule has 0 amide bonds. The van der Waals surface area contributed by atoms with Gasteiger partial charge < -0.3 is 10.1 Å². The molecule has 1 aliphatic heterocycles. The molecule has 1 heterocycles. The Bertz CT molecular complexity index is 147. The molecular weight excluding hydrogens is 142 g/mol. The third-order valence-corrected chi connectivity index (χ3v) is 1.74. The Kier molecular flexibility index (Phi) is 3.02. The molecule has 2 atom stereocenters. The van der Waals surface area contributed by atoms with Gasteiger partial charge in [-0.1, -0.05) is 0 Å². The molecule has 3 nitrogen and oxygen atoms in total. The summed E-state index contributed by atoms with van der Waals surface area (Å²) < 4.78 is 5.28. The van der Waals surface area contributed by atoms with Gasteiger partial charge in [0.05, 0.1) is 13.2 Å². The highest BCUT2D eigenvalue weighted by molar-refractivity contribution is 5.76. The summed E-state index contributed by atoms with van der Waals surface area (Å²) in [7, 11) is 0. The summed E-state index contributed by atoms with van der Waals surface area (Å²) in [4.78, 5) is 10.7. The second kappa shape index (κ2) is 3.83. The molecule has 0 saturated carbocycles. The van der Waals surface area contributed by atoms with Gasteiger partial charge in [-0.25, -0.2) is 0 Å². The first kappa shape index (κ1) is 8.68. The minimum absolute atomic E-state index is 0.222. The minimum Gasteiger partial charge on any atom is -0.378 e. The summed E-state index contributed by atoms with van der Waals surface area (Å²) in [6.07, 6.45) is 0.588. The number of carbonyl (C=O) groups is 1. The standard InChI is InChI=1S/C8H15NO2/c1-6-4-11-5-8(9-6)3-7(2)10/h6,8-9H,3-5H2,1-2H3. The van der Waals surface area contributed by atoms with Gasteiger partial charge in [0.2, 0.25) is 0 Å². The second-order valence-corrected chi connectivity index (χ2v) is 3.21. The van der Waals surface area contributed by atoms with E-state index in [1.54, 1.807) is 6.92 Å². The number of nitrogens with one attached hydrogen (secondary N) is 1. The van der Waals surface area contributed by atoms with E-state index in [-0.39, 0.29) is 11.8 Å². The predicted molar refractivity (Wildman–Crippen MR) is 42.5 cm³/mol. The highest BCUT2D eigenvalue weighted by Gasteiger charge is 2.18. The highest BCUT2D eigenvalue weighted by atomic mass is 16.5. The van der Waals surface area contributed by atoms with Crippen LogP contribution in [0.1, 0.15) is 20.3 Å². The Morgan fingerprint density at radius 2 is 2.36 bits per heavy atom. The molecule has 0 bridgehead atoms. The van der Waals surface area contributed by atoms with Gasteiger partial charge in [-0.15, -0.1) is 0 Å². The van der Waals surface area contributed by atoms with Gasteiger partial charge in [0.15, 0.2) is 0 Å². The zero-order valence-corrected chi connectivity index (χ0v) is 7.09. The third kappa shape index (κ3) is 2.99. The van der Waals surface area contributed by atoms with E-state index in [4.69, 9.17) is 4.74 Å². The molecule has 0 aliphatic carbocycles. The smallest absolute Gasteiger partial charge is 0.131 e. The topological polar surface area (TPSA) is 38.3 Å². The van der Waals surface area contributed by atoms with E-state index < -0.39 is 0 Å². The first-order valence-electron chi connectivity index (χ1n) is 4.01. The Balaban J connectivity index is 2.28. The highest BCUT2D eigenvalue weighted by Crippen LogP contribution is 2.02. The van der Waals surface area contributed by atoms with Gasteiger partial charge in [-0.2, -0.15) is 0 Å². The molecule has 11 heavy (non-hydrogen) atoms. The number of ketones is 1. The number of ether oxygens (including phenoxy) is 1. The molecule has 1 fully saturated rings. The van der Waals surface area contributed by atoms with E-state index >= 15 is 0 Å². The SMILES string of the molecule is CC(=O)CC1COCC(C)N1. The number of morpholine rings is 1. The average molecular weight is 157 g/mol. The molecule has 0 aromatic heterocycles. The summed E-state index contributed by atoms with van der Waals surface area (Å²) in [5.41, 5.74) is 0. The zero-order valence-electron chi connectivity index (χ0n) is 7.09. The van der Waals surface area contributed by atoms with E-state index in [0.717, 1.165) is 6.61 Å². The van der Waals surface area contributed by atoms with Crippen molar-refractivity contribution in [3.63, 3.8) is 0 Å². The van der Waals surface area contributed by atoms with Crippen LogP contribution in [-0.2, 0) is 9.53 Å². The van der Waals surface area contributed by atoms with Gasteiger partial charge in [-0.3, -0.25) is 4.79 Å². The van der Waals surface area contributed by atoms with Gasteiger partial charge in [-0.05, 0) is 13.8 Å². The van der Waals surface area contributed by atoms with Crippen molar-refractivity contribution >= 4 is 5.78 Å². The van der Waals surface area contributed by atoms with Gasteiger partial charge in [0.1, 0.15) is 5.78 Å². The lowest BCUT2D eigenvalue weighted by Gasteiger charge is -2.28. The molecule has 64 valence electrons. The molecule has 1 N–H and O–H groups in total. The van der Waals surface area contributed by atoms with Crippen molar-refractivity contribution in [3.8, 4) is 0 Å².